The highest BCUT2D eigenvalue weighted by atomic mass is 19.1. The maximum Gasteiger partial charge on any atom is 0.444 e. The molecule has 0 bridgehead atoms. The first-order valence-electron chi connectivity index (χ1n) is 6.35. The minimum Gasteiger partial charge on any atom is -0.442 e. The Morgan fingerprint density at radius 2 is 1.86 bits per heavy atom. The topological polar surface area (TPSA) is 55.8 Å². The average molecular weight is 299 g/mol. The number of hydroxylamine groups is 2. The number of carbonyl (C=O) groups excluding carboxylic acids is 2. The standard InChI is InChI=1S/C14H15F2NO4/c1-14(2,3)20-13(19)17-11(7-12(18)21-17)8-4-9(15)6-10(16)5-8/h4-6,11H,7H2,1-3H3. The summed E-state index contributed by atoms with van der Waals surface area (Å²) >= 11 is 0. The molecule has 5 nitrogen and oxygen atoms in total. The van der Waals surface area contributed by atoms with Gasteiger partial charge in [-0.15, -0.1) is 5.06 Å². The maximum absolute atomic E-state index is 13.3. The molecule has 1 unspecified atom stereocenters. The number of ether oxygens (including phenoxy) is 1. The molecule has 0 aliphatic carbocycles. The molecule has 21 heavy (non-hydrogen) atoms. The average Bonchev–Trinajstić information content (AvgIpc) is 2.68. The Hall–Kier alpha value is -2.18. The molecule has 0 radical (unpaired) electrons. The van der Waals surface area contributed by atoms with Crippen molar-refractivity contribution in [3.05, 3.63) is 35.4 Å². The van der Waals surface area contributed by atoms with Crippen molar-refractivity contribution >= 4 is 12.1 Å². The highest BCUT2D eigenvalue weighted by Crippen LogP contribution is 2.33. The number of hydrogen-bond donors (Lipinski definition) is 0. The van der Waals surface area contributed by atoms with Crippen LogP contribution in [0.2, 0.25) is 0 Å². The molecule has 7 heteroatoms. The zero-order valence-corrected chi connectivity index (χ0v) is 11.9. The minimum absolute atomic E-state index is 0.129. The van der Waals surface area contributed by atoms with Crippen LogP contribution in [0.5, 0.6) is 0 Å². The monoisotopic (exact) mass is 299 g/mol. The van der Waals surface area contributed by atoms with Crippen molar-refractivity contribution in [2.75, 3.05) is 0 Å². The molecule has 1 saturated heterocycles. The third-order valence-electron chi connectivity index (χ3n) is 2.69. The Morgan fingerprint density at radius 1 is 1.29 bits per heavy atom. The van der Waals surface area contributed by atoms with E-state index in [1.165, 1.54) is 0 Å². The predicted octanol–water partition coefficient (Wildman–Crippen LogP) is 3.10. The molecular formula is C14H15F2NO4. The highest BCUT2D eigenvalue weighted by Gasteiger charge is 2.40. The maximum atomic E-state index is 13.3. The molecule has 1 amide bonds. The van der Waals surface area contributed by atoms with Gasteiger partial charge < -0.3 is 9.57 Å². The van der Waals surface area contributed by atoms with Gasteiger partial charge in [0.05, 0.1) is 6.42 Å². The van der Waals surface area contributed by atoms with Gasteiger partial charge >= 0.3 is 12.1 Å². The van der Waals surface area contributed by atoms with Gasteiger partial charge in [0.25, 0.3) is 0 Å². The van der Waals surface area contributed by atoms with Crippen LogP contribution in [-0.2, 0) is 14.4 Å². The van der Waals surface area contributed by atoms with Crippen LogP contribution in [0.1, 0.15) is 38.8 Å². The van der Waals surface area contributed by atoms with E-state index in [0.29, 0.717) is 11.1 Å². The van der Waals surface area contributed by atoms with Crippen LogP contribution >= 0.6 is 0 Å². The lowest BCUT2D eigenvalue weighted by Gasteiger charge is -2.26. The summed E-state index contributed by atoms with van der Waals surface area (Å²) in [5.41, 5.74) is -0.659. The lowest BCUT2D eigenvalue weighted by atomic mass is 10.0. The molecule has 1 heterocycles. The summed E-state index contributed by atoms with van der Waals surface area (Å²) in [6.45, 7) is 4.96. The molecule has 0 saturated carbocycles. The Balaban J connectivity index is 2.28. The number of amides is 1. The van der Waals surface area contributed by atoms with E-state index in [1.54, 1.807) is 20.8 Å². The fourth-order valence-electron chi connectivity index (χ4n) is 1.94. The van der Waals surface area contributed by atoms with Crippen LogP contribution in [0, 0.1) is 11.6 Å². The number of halogens is 2. The van der Waals surface area contributed by atoms with Gasteiger partial charge in [-0.05, 0) is 38.5 Å². The second-order valence-electron chi connectivity index (χ2n) is 5.69. The molecule has 1 aliphatic rings. The van der Waals surface area contributed by atoms with Gasteiger partial charge in [0, 0.05) is 6.07 Å². The van der Waals surface area contributed by atoms with Crippen LogP contribution in [0.3, 0.4) is 0 Å². The normalized spacial score (nSPS) is 18.6. The Labute approximate surface area is 120 Å². The predicted molar refractivity (Wildman–Crippen MR) is 67.9 cm³/mol. The lowest BCUT2D eigenvalue weighted by Crippen LogP contribution is -2.36. The number of rotatable bonds is 1. The van der Waals surface area contributed by atoms with Gasteiger partial charge in [0.1, 0.15) is 23.3 Å². The molecule has 1 aliphatic heterocycles. The van der Waals surface area contributed by atoms with Crippen LogP contribution in [-0.4, -0.2) is 22.7 Å². The summed E-state index contributed by atoms with van der Waals surface area (Å²) in [6, 6.07) is 1.89. The van der Waals surface area contributed by atoms with Crippen molar-refractivity contribution in [1.82, 2.24) is 5.06 Å². The largest absolute Gasteiger partial charge is 0.444 e. The van der Waals surface area contributed by atoms with Crippen molar-refractivity contribution in [3.8, 4) is 0 Å². The molecule has 2 rings (SSSR count). The quantitative estimate of drug-likeness (QED) is 0.799. The van der Waals surface area contributed by atoms with E-state index in [0.717, 1.165) is 12.1 Å². The molecule has 1 aromatic rings. The van der Waals surface area contributed by atoms with Crippen molar-refractivity contribution in [2.45, 2.75) is 38.8 Å². The Morgan fingerprint density at radius 3 is 2.38 bits per heavy atom. The third kappa shape index (κ3) is 3.68. The third-order valence-corrected chi connectivity index (χ3v) is 2.69. The van der Waals surface area contributed by atoms with E-state index in [-0.39, 0.29) is 12.0 Å². The van der Waals surface area contributed by atoms with Crippen LogP contribution < -0.4 is 0 Å². The Bertz CT molecular complexity index is 563. The van der Waals surface area contributed by atoms with Crippen molar-refractivity contribution in [1.29, 1.82) is 0 Å². The second kappa shape index (κ2) is 5.31. The van der Waals surface area contributed by atoms with E-state index >= 15 is 0 Å². The lowest BCUT2D eigenvalue weighted by molar-refractivity contribution is -0.170. The van der Waals surface area contributed by atoms with Crippen molar-refractivity contribution in [2.24, 2.45) is 0 Å². The highest BCUT2D eigenvalue weighted by molar-refractivity contribution is 5.78. The zero-order chi connectivity index (χ0) is 15.8. The van der Waals surface area contributed by atoms with Gasteiger partial charge in [0.15, 0.2) is 0 Å². The molecule has 114 valence electrons. The SMILES string of the molecule is CC(C)(C)OC(=O)N1OC(=O)CC1c1cc(F)cc(F)c1. The summed E-state index contributed by atoms with van der Waals surface area (Å²) in [5, 5.41) is 0.710. The van der Waals surface area contributed by atoms with E-state index < -0.39 is 35.3 Å². The molecule has 1 atom stereocenters. The number of benzene rings is 1. The van der Waals surface area contributed by atoms with Gasteiger partial charge in [0.2, 0.25) is 0 Å². The van der Waals surface area contributed by atoms with Crippen LogP contribution in [0.4, 0.5) is 13.6 Å². The second-order valence-corrected chi connectivity index (χ2v) is 5.69. The summed E-state index contributed by atoms with van der Waals surface area (Å²) < 4.78 is 31.7. The molecular weight excluding hydrogens is 284 g/mol. The first-order chi connectivity index (χ1) is 9.65. The molecule has 0 spiro atoms. The molecule has 0 N–H and O–H groups in total. The van der Waals surface area contributed by atoms with Gasteiger partial charge in [-0.25, -0.2) is 18.4 Å². The van der Waals surface area contributed by atoms with Crippen LogP contribution in [0.25, 0.3) is 0 Å². The fraction of sp³-hybridized carbons (Fsp3) is 0.429. The van der Waals surface area contributed by atoms with Crippen molar-refractivity contribution < 1.29 is 27.9 Å². The van der Waals surface area contributed by atoms with Gasteiger partial charge in [-0.3, -0.25) is 0 Å². The zero-order valence-electron chi connectivity index (χ0n) is 11.9. The van der Waals surface area contributed by atoms with E-state index in [4.69, 9.17) is 9.57 Å². The summed E-state index contributed by atoms with van der Waals surface area (Å²) in [5.74, 6) is -2.27. The summed E-state index contributed by atoms with van der Waals surface area (Å²) in [6.07, 6.45) is -1.08. The number of nitrogens with zero attached hydrogens (tertiary/aromatic N) is 1. The van der Waals surface area contributed by atoms with Crippen molar-refractivity contribution in [3.63, 3.8) is 0 Å². The van der Waals surface area contributed by atoms with E-state index in [2.05, 4.69) is 0 Å². The minimum atomic E-state index is -0.919. The first kappa shape index (κ1) is 15.2. The van der Waals surface area contributed by atoms with E-state index in [1.807, 2.05) is 0 Å². The molecule has 1 fully saturated rings. The number of carbonyl (C=O) groups is 2. The molecule has 0 aromatic heterocycles. The van der Waals surface area contributed by atoms with E-state index in [9.17, 15) is 18.4 Å². The van der Waals surface area contributed by atoms with Crippen LogP contribution in [0.15, 0.2) is 18.2 Å². The summed E-state index contributed by atoms with van der Waals surface area (Å²) in [4.78, 5) is 28.2. The fourth-order valence-corrected chi connectivity index (χ4v) is 1.94. The van der Waals surface area contributed by atoms with Gasteiger partial charge in [-0.2, -0.15) is 0 Å². The first-order valence-corrected chi connectivity index (χ1v) is 6.35. The Kier molecular flexibility index (Phi) is 3.85. The van der Waals surface area contributed by atoms with Gasteiger partial charge in [-0.1, -0.05) is 0 Å². The molecule has 1 aromatic carbocycles. The smallest absolute Gasteiger partial charge is 0.442 e. The summed E-state index contributed by atoms with van der Waals surface area (Å²) in [7, 11) is 0. The number of hydrogen-bond acceptors (Lipinski definition) is 4.